The second-order valence-electron chi connectivity index (χ2n) is 3.81. The maximum absolute atomic E-state index is 5.54. The Balaban J connectivity index is 1.96. The second-order valence-corrected chi connectivity index (χ2v) is 4.94. The molecule has 2 aromatic carbocycles. The first-order chi connectivity index (χ1) is 9.35. The average Bonchev–Trinajstić information content (AvgIpc) is 2.48. The van der Waals surface area contributed by atoms with Gasteiger partial charge in [0.05, 0.1) is 0 Å². The summed E-state index contributed by atoms with van der Waals surface area (Å²) in [5, 5.41) is 1.49. The molecule has 0 aliphatic carbocycles. The maximum atomic E-state index is 5.54. The van der Waals surface area contributed by atoms with Gasteiger partial charge in [-0.25, -0.2) is 0 Å². The molecule has 0 aromatic heterocycles. The molecule has 0 saturated carbocycles. The molecule has 0 spiro atoms. The molecule has 0 saturated heterocycles. The van der Waals surface area contributed by atoms with Crippen LogP contribution < -0.4 is 9.31 Å². The Labute approximate surface area is 130 Å². The van der Waals surface area contributed by atoms with Gasteiger partial charge in [0.2, 0.25) is 0 Å². The van der Waals surface area contributed by atoms with Gasteiger partial charge in [-0.2, -0.15) is 0 Å². The standard InChI is InChI=1S/C14H12BBr2O2/c16-9-11-5-1-3-7-13(11)18-15-19-14-8-4-2-6-12(14)10-17/h1-8H,9-10H2. The molecular formula is C14H12BBr2O2. The number of benzene rings is 2. The van der Waals surface area contributed by atoms with Crippen LogP contribution in [-0.4, -0.2) is 7.69 Å². The quantitative estimate of drug-likeness (QED) is 0.542. The Morgan fingerprint density at radius 1 is 0.737 bits per heavy atom. The van der Waals surface area contributed by atoms with Crippen molar-refractivity contribution >= 4 is 39.5 Å². The third kappa shape index (κ3) is 4.01. The molecule has 0 heterocycles. The largest absolute Gasteiger partial charge is 0.658 e. The molecule has 0 N–H and O–H groups in total. The van der Waals surface area contributed by atoms with Crippen LogP contribution in [-0.2, 0) is 10.7 Å². The van der Waals surface area contributed by atoms with E-state index in [0.29, 0.717) is 0 Å². The highest BCUT2D eigenvalue weighted by Gasteiger charge is 2.07. The van der Waals surface area contributed by atoms with E-state index in [-0.39, 0.29) is 0 Å². The first-order valence-electron chi connectivity index (χ1n) is 5.78. The zero-order valence-electron chi connectivity index (χ0n) is 10.2. The molecule has 1 radical (unpaired) electrons. The van der Waals surface area contributed by atoms with E-state index in [1.54, 1.807) is 0 Å². The Hall–Kier alpha value is -0.935. The minimum absolute atomic E-state index is 0.745. The van der Waals surface area contributed by atoms with Gasteiger partial charge in [-0.3, -0.25) is 0 Å². The number of para-hydroxylation sites is 2. The lowest BCUT2D eigenvalue weighted by atomic mass is 10.2. The lowest BCUT2D eigenvalue weighted by molar-refractivity contribution is 0.455. The average molecular weight is 383 g/mol. The van der Waals surface area contributed by atoms with Crippen LogP contribution in [0.3, 0.4) is 0 Å². The lowest BCUT2D eigenvalue weighted by Crippen LogP contribution is -2.12. The van der Waals surface area contributed by atoms with Crippen LogP contribution >= 0.6 is 31.9 Å². The summed E-state index contributed by atoms with van der Waals surface area (Å²) < 4.78 is 11.1. The number of hydrogen-bond acceptors (Lipinski definition) is 2. The molecule has 0 aliphatic heterocycles. The van der Waals surface area contributed by atoms with E-state index >= 15 is 0 Å². The minimum Gasteiger partial charge on any atom is -0.526 e. The summed E-state index contributed by atoms with van der Waals surface area (Å²) in [6, 6.07) is 15.6. The van der Waals surface area contributed by atoms with E-state index in [0.717, 1.165) is 33.3 Å². The fourth-order valence-corrected chi connectivity index (χ4v) is 2.51. The van der Waals surface area contributed by atoms with Crippen molar-refractivity contribution < 1.29 is 9.31 Å². The molecule has 97 valence electrons. The van der Waals surface area contributed by atoms with Gasteiger partial charge in [0, 0.05) is 21.8 Å². The van der Waals surface area contributed by atoms with E-state index < -0.39 is 0 Å². The van der Waals surface area contributed by atoms with Crippen molar-refractivity contribution in [2.45, 2.75) is 10.7 Å². The number of hydrogen-bond donors (Lipinski definition) is 0. The topological polar surface area (TPSA) is 18.5 Å². The van der Waals surface area contributed by atoms with Crippen molar-refractivity contribution in [1.29, 1.82) is 0 Å². The van der Waals surface area contributed by atoms with Crippen LogP contribution in [0.5, 0.6) is 11.5 Å². The SMILES string of the molecule is BrCc1ccccc1O[B]Oc1ccccc1CBr. The third-order valence-electron chi connectivity index (χ3n) is 2.58. The summed E-state index contributed by atoms with van der Waals surface area (Å²) in [6.07, 6.45) is 0. The molecule has 0 bridgehead atoms. The van der Waals surface area contributed by atoms with Crippen LogP contribution in [0.15, 0.2) is 48.5 Å². The first-order valence-corrected chi connectivity index (χ1v) is 8.02. The summed E-state index contributed by atoms with van der Waals surface area (Å²) in [6.45, 7) is 0. The van der Waals surface area contributed by atoms with Gasteiger partial charge in [0.1, 0.15) is 11.5 Å². The smallest absolute Gasteiger partial charge is 0.526 e. The highest BCUT2D eigenvalue weighted by Crippen LogP contribution is 2.22. The molecule has 2 aromatic rings. The van der Waals surface area contributed by atoms with Crippen LogP contribution in [0.1, 0.15) is 11.1 Å². The third-order valence-corrected chi connectivity index (χ3v) is 3.79. The van der Waals surface area contributed by atoms with Crippen LogP contribution in [0, 0.1) is 0 Å². The summed E-state index contributed by atoms with van der Waals surface area (Å²) in [5.41, 5.74) is 2.16. The molecule has 0 unspecified atom stereocenters. The number of halogens is 2. The normalized spacial score (nSPS) is 10.0. The van der Waals surface area contributed by atoms with Crippen LogP contribution in [0.25, 0.3) is 0 Å². The first kappa shape index (κ1) is 14.5. The lowest BCUT2D eigenvalue weighted by Gasteiger charge is -2.11. The van der Waals surface area contributed by atoms with Gasteiger partial charge in [0.15, 0.2) is 0 Å². The van der Waals surface area contributed by atoms with Crippen molar-refractivity contribution in [2.24, 2.45) is 0 Å². The van der Waals surface area contributed by atoms with Crippen molar-refractivity contribution in [3.63, 3.8) is 0 Å². The van der Waals surface area contributed by atoms with Gasteiger partial charge in [-0.1, -0.05) is 68.3 Å². The van der Waals surface area contributed by atoms with Gasteiger partial charge in [-0.05, 0) is 12.1 Å². The van der Waals surface area contributed by atoms with Gasteiger partial charge in [-0.15, -0.1) is 0 Å². The summed E-state index contributed by atoms with van der Waals surface area (Å²) >= 11 is 6.85. The minimum atomic E-state index is 0.745. The zero-order chi connectivity index (χ0) is 13.5. The zero-order valence-corrected chi connectivity index (χ0v) is 13.4. The molecule has 0 amide bonds. The van der Waals surface area contributed by atoms with Crippen molar-refractivity contribution in [3.05, 3.63) is 59.7 Å². The van der Waals surface area contributed by atoms with E-state index in [9.17, 15) is 0 Å². The summed E-state index contributed by atoms with van der Waals surface area (Å²) in [7, 11) is 1.36. The van der Waals surface area contributed by atoms with Crippen LogP contribution in [0.4, 0.5) is 0 Å². The Morgan fingerprint density at radius 2 is 1.16 bits per heavy atom. The van der Waals surface area contributed by atoms with E-state index in [4.69, 9.17) is 9.31 Å². The second kappa shape index (κ2) is 7.60. The van der Waals surface area contributed by atoms with E-state index in [1.165, 1.54) is 7.69 Å². The predicted molar refractivity (Wildman–Crippen MR) is 85.2 cm³/mol. The Morgan fingerprint density at radius 3 is 1.58 bits per heavy atom. The molecule has 2 nitrogen and oxygen atoms in total. The van der Waals surface area contributed by atoms with Gasteiger partial charge < -0.3 is 9.31 Å². The summed E-state index contributed by atoms with van der Waals surface area (Å²) in [4.78, 5) is 0. The highest BCUT2D eigenvalue weighted by atomic mass is 79.9. The molecule has 5 heteroatoms. The molecule has 0 fully saturated rings. The summed E-state index contributed by atoms with van der Waals surface area (Å²) in [5.74, 6) is 1.58. The fraction of sp³-hybridized carbons (Fsp3) is 0.143. The molecule has 2 rings (SSSR count). The maximum Gasteiger partial charge on any atom is 0.658 e. The molecule has 0 atom stereocenters. The van der Waals surface area contributed by atoms with Crippen molar-refractivity contribution in [3.8, 4) is 11.5 Å². The van der Waals surface area contributed by atoms with Crippen LogP contribution in [0.2, 0.25) is 0 Å². The molecule has 19 heavy (non-hydrogen) atoms. The Kier molecular flexibility index (Phi) is 5.79. The molecular weight excluding hydrogens is 371 g/mol. The van der Waals surface area contributed by atoms with E-state index in [1.807, 2.05) is 48.5 Å². The number of alkyl halides is 2. The Bertz CT molecular complexity index is 487. The number of rotatable bonds is 6. The van der Waals surface area contributed by atoms with Gasteiger partial charge in [0.25, 0.3) is 0 Å². The molecule has 0 aliphatic rings. The monoisotopic (exact) mass is 381 g/mol. The predicted octanol–water partition coefficient (Wildman–Crippen LogP) is 4.47. The fourth-order valence-electron chi connectivity index (χ4n) is 1.59. The highest BCUT2D eigenvalue weighted by molar-refractivity contribution is 9.08. The van der Waals surface area contributed by atoms with E-state index in [2.05, 4.69) is 31.9 Å². The van der Waals surface area contributed by atoms with Crippen molar-refractivity contribution in [2.75, 3.05) is 0 Å². The van der Waals surface area contributed by atoms with Gasteiger partial charge >= 0.3 is 7.69 Å². The van der Waals surface area contributed by atoms with Crippen molar-refractivity contribution in [1.82, 2.24) is 0 Å².